The molecule has 2 saturated heterocycles. The van der Waals surface area contributed by atoms with Gasteiger partial charge < -0.3 is 24.4 Å². The molecular formula is C22H29NO5. The Morgan fingerprint density at radius 3 is 2.82 bits per heavy atom. The van der Waals surface area contributed by atoms with Gasteiger partial charge in [0.05, 0.1) is 30.8 Å². The van der Waals surface area contributed by atoms with Gasteiger partial charge in [-0.25, -0.2) is 0 Å². The van der Waals surface area contributed by atoms with Crippen LogP contribution in [0.4, 0.5) is 0 Å². The van der Waals surface area contributed by atoms with E-state index in [0.717, 1.165) is 37.4 Å². The predicted molar refractivity (Wildman–Crippen MR) is 102 cm³/mol. The number of aromatic hydroxyl groups is 1. The van der Waals surface area contributed by atoms with Gasteiger partial charge in [-0.2, -0.15) is 0 Å². The molecule has 6 rings (SSSR count). The molecule has 1 spiro atoms. The van der Waals surface area contributed by atoms with Crippen molar-refractivity contribution in [2.75, 3.05) is 39.5 Å². The van der Waals surface area contributed by atoms with Crippen LogP contribution in [-0.2, 0) is 21.3 Å². The molecule has 0 amide bonds. The highest BCUT2D eigenvalue weighted by atomic mass is 16.6. The summed E-state index contributed by atoms with van der Waals surface area (Å²) in [7, 11) is 0. The molecule has 3 aliphatic heterocycles. The molecule has 0 radical (unpaired) electrons. The molecule has 4 atom stereocenters. The van der Waals surface area contributed by atoms with Crippen LogP contribution in [-0.4, -0.2) is 72.4 Å². The van der Waals surface area contributed by atoms with Crippen molar-refractivity contribution in [3.63, 3.8) is 0 Å². The fraction of sp³-hybridized carbons (Fsp3) is 0.727. The van der Waals surface area contributed by atoms with E-state index in [-0.39, 0.29) is 17.9 Å². The van der Waals surface area contributed by atoms with Gasteiger partial charge in [0.25, 0.3) is 0 Å². The highest BCUT2D eigenvalue weighted by molar-refractivity contribution is 5.61. The Hall–Kier alpha value is -1.34. The summed E-state index contributed by atoms with van der Waals surface area (Å²) in [5, 5.41) is 22.9. The molecule has 1 aromatic carbocycles. The van der Waals surface area contributed by atoms with Crippen LogP contribution in [0.2, 0.25) is 0 Å². The van der Waals surface area contributed by atoms with Crippen molar-refractivity contribution in [3.05, 3.63) is 23.3 Å². The summed E-state index contributed by atoms with van der Waals surface area (Å²) in [5.74, 6) is 1.52. The summed E-state index contributed by atoms with van der Waals surface area (Å²) in [6, 6.07) is 3.84. The number of phenols is 1. The summed E-state index contributed by atoms with van der Waals surface area (Å²) >= 11 is 0. The molecule has 2 N–H and O–H groups in total. The molecule has 6 heteroatoms. The van der Waals surface area contributed by atoms with Crippen LogP contribution >= 0.6 is 0 Å². The Balaban J connectivity index is 1.52. The summed E-state index contributed by atoms with van der Waals surface area (Å²) in [6.07, 6.45) is 4.55. The third kappa shape index (κ3) is 2.23. The van der Waals surface area contributed by atoms with Crippen molar-refractivity contribution in [1.82, 2.24) is 4.90 Å². The van der Waals surface area contributed by atoms with E-state index in [1.165, 1.54) is 18.4 Å². The van der Waals surface area contributed by atoms with Crippen LogP contribution in [0.5, 0.6) is 11.5 Å². The molecule has 152 valence electrons. The van der Waals surface area contributed by atoms with Crippen LogP contribution in [0.15, 0.2) is 12.1 Å². The smallest absolute Gasteiger partial charge is 0.165 e. The first-order chi connectivity index (χ1) is 13.6. The number of hydrogen-bond donors (Lipinski definition) is 2. The summed E-state index contributed by atoms with van der Waals surface area (Å²) < 4.78 is 18.0. The zero-order chi connectivity index (χ0) is 18.9. The van der Waals surface area contributed by atoms with Crippen LogP contribution in [0.25, 0.3) is 0 Å². The quantitative estimate of drug-likeness (QED) is 0.803. The average molecular weight is 387 g/mol. The molecule has 5 aliphatic rings. The molecule has 0 aromatic heterocycles. The number of likely N-dealkylation sites (tertiary alicyclic amines) is 1. The average Bonchev–Trinajstić information content (AvgIpc) is 3.42. The summed E-state index contributed by atoms with van der Waals surface area (Å²) in [4.78, 5) is 2.53. The lowest BCUT2D eigenvalue weighted by Gasteiger charge is -2.61. The fourth-order valence-corrected chi connectivity index (χ4v) is 6.43. The van der Waals surface area contributed by atoms with Gasteiger partial charge in [-0.1, -0.05) is 6.07 Å². The molecule has 3 fully saturated rings. The maximum Gasteiger partial charge on any atom is 0.165 e. The molecule has 6 nitrogen and oxygen atoms in total. The monoisotopic (exact) mass is 387 g/mol. The van der Waals surface area contributed by atoms with E-state index in [9.17, 15) is 10.2 Å². The van der Waals surface area contributed by atoms with Gasteiger partial charge in [-0.05, 0) is 49.8 Å². The number of nitrogens with zero attached hydrogens (tertiary/aromatic N) is 1. The minimum atomic E-state index is -0.947. The van der Waals surface area contributed by atoms with Gasteiger partial charge in [0, 0.05) is 31.2 Å². The Kier molecular flexibility index (Phi) is 3.80. The molecule has 2 aliphatic carbocycles. The Bertz CT molecular complexity index is 795. The number of aliphatic hydroxyl groups is 1. The van der Waals surface area contributed by atoms with Crippen molar-refractivity contribution < 1.29 is 24.4 Å². The van der Waals surface area contributed by atoms with Crippen molar-refractivity contribution in [2.45, 2.75) is 55.3 Å². The number of rotatable bonds is 2. The first-order valence-corrected chi connectivity index (χ1v) is 10.8. The van der Waals surface area contributed by atoms with E-state index in [0.29, 0.717) is 38.6 Å². The fourth-order valence-electron chi connectivity index (χ4n) is 6.43. The Morgan fingerprint density at radius 2 is 1.96 bits per heavy atom. The SMILES string of the molecule is Oc1ccc2c3c1O[C@H]1COCCOCC[C@@]4(O)[C@@H](C2)N(CC2CC2)CC[C@]314. The predicted octanol–water partition coefficient (Wildman–Crippen LogP) is 1.60. The Morgan fingerprint density at radius 1 is 1.11 bits per heavy atom. The number of phenolic OH excluding ortho intramolecular Hbond substituents is 1. The molecule has 28 heavy (non-hydrogen) atoms. The van der Waals surface area contributed by atoms with Crippen LogP contribution in [0, 0.1) is 5.92 Å². The van der Waals surface area contributed by atoms with Crippen LogP contribution < -0.4 is 4.74 Å². The first kappa shape index (κ1) is 17.5. The van der Waals surface area contributed by atoms with E-state index in [4.69, 9.17) is 14.2 Å². The van der Waals surface area contributed by atoms with Gasteiger partial charge >= 0.3 is 0 Å². The largest absolute Gasteiger partial charge is 0.504 e. The van der Waals surface area contributed by atoms with Crippen LogP contribution in [0.3, 0.4) is 0 Å². The third-order valence-corrected chi connectivity index (χ3v) is 7.91. The summed E-state index contributed by atoms with van der Waals surface area (Å²) in [6.45, 7) is 4.03. The van der Waals surface area contributed by atoms with Gasteiger partial charge in [0.2, 0.25) is 0 Å². The molecule has 0 unspecified atom stereocenters. The lowest BCUT2D eigenvalue weighted by atomic mass is 9.52. The summed E-state index contributed by atoms with van der Waals surface area (Å²) in [5.41, 5.74) is 0.757. The van der Waals surface area contributed by atoms with Crippen molar-refractivity contribution in [3.8, 4) is 11.5 Å². The molecule has 3 heterocycles. The number of ether oxygens (including phenoxy) is 3. The molecule has 1 aromatic rings. The third-order valence-electron chi connectivity index (χ3n) is 7.91. The van der Waals surface area contributed by atoms with Gasteiger partial charge in [-0.3, -0.25) is 4.90 Å². The van der Waals surface area contributed by atoms with Crippen molar-refractivity contribution >= 4 is 0 Å². The number of piperidine rings is 1. The maximum absolute atomic E-state index is 12.4. The van der Waals surface area contributed by atoms with E-state index in [1.54, 1.807) is 6.07 Å². The highest BCUT2D eigenvalue weighted by Gasteiger charge is 2.70. The minimum Gasteiger partial charge on any atom is -0.504 e. The van der Waals surface area contributed by atoms with Gasteiger partial charge in [0.1, 0.15) is 6.10 Å². The maximum atomic E-state index is 12.4. The van der Waals surface area contributed by atoms with E-state index < -0.39 is 11.0 Å². The second-order valence-corrected chi connectivity index (χ2v) is 9.30. The minimum absolute atomic E-state index is 0.0546. The van der Waals surface area contributed by atoms with Gasteiger partial charge in [-0.15, -0.1) is 0 Å². The Labute approximate surface area is 165 Å². The lowest BCUT2D eigenvalue weighted by molar-refractivity contribution is -0.188. The van der Waals surface area contributed by atoms with Gasteiger partial charge in [0.15, 0.2) is 11.5 Å². The molecule has 2 bridgehead atoms. The second kappa shape index (κ2) is 6.08. The number of benzene rings is 1. The number of hydrogen-bond acceptors (Lipinski definition) is 6. The van der Waals surface area contributed by atoms with Crippen molar-refractivity contribution in [2.24, 2.45) is 5.92 Å². The lowest BCUT2D eigenvalue weighted by Crippen LogP contribution is -2.74. The second-order valence-electron chi connectivity index (χ2n) is 9.30. The van der Waals surface area contributed by atoms with E-state index in [1.807, 2.05) is 6.07 Å². The molecular weight excluding hydrogens is 358 g/mol. The van der Waals surface area contributed by atoms with Crippen LogP contribution in [0.1, 0.15) is 36.8 Å². The van der Waals surface area contributed by atoms with Crippen molar-refractivity contribution in [1.29, 1.82) is 0 Å². The standard InChI is InChI=1S/C22H29NO5/c24-16-4-3-15-11-17-22(25)6-8-26-9-10-27-13-18-21(22,19(15)20(16)28-18)5-7-23(17)12-14-1-2-14/h3-4,14,17-18,24-25H,1-2,5-13H2/t17-,18+,21-,22-/m1/s1. The van der Waals surface area contributed by atoms with E-state index >= 15 is 0 Å². The normalized spacial score (nSPS) is 39.9. The topological polar surface area (TPSA) is 71.4 Å². The molecule has 1 saturated carbocycles. The first-order valence-electron chi connectivity index (χ1n) is 10.8. The highest BCUT2D eigenvalue weighted by Crippen LogP contribution is 2.63. The zero-order valence-corrected chi connectivity index (χ0v) is 16.2. The van der Waals surface area contributed by atoms with E-state index in [2.05, 4.69) is 4.90 Å². The zero-order valence-electron chi connectivity index (χ0n) is 16.2.